The average Bonchev–Trinajstić information content (AvgIpc) is 3.17. The van der Waals surface area contributed by atoms with Gasteiger partial charge in [0.15, 0.2) is 5.12 Å². The minimum atomic E-state index is -0.393. The summed E-state index contributed by atoms with van der Waals surface area (Å²) in [5.74, 6) is 0.0875. The van der Waals surface area contributed by atoms with Gasteiger partial charge in [-0.05, 0) is 19.9 Å². The number of likely N-dealkylation sites (N-methyl/N-ethyl adjacent to an activating group) is 2. The molecule has 0 bridgehead atoms. The lowest BCUT2D eigenvalue weighted by molar-refractivity contribution is -0.134. The van der Waals surface area contributed by atoms with Crippen molar-refractivity contribution in [3.05, 3.63) is 12.7 Å². The van der Waals surface area contributed by atoms with E-state index in [2.05, 4.69) is 6.58 Å². The number of carbonyl (C=O) groups is 3. The summed E-state index contributed by atoms with van der Waals surface area (Å²) in [6.45, 7) is 7.17. The Kier molecular flexibility index (Phi) is 6.89. The number of thioether (sulfide) groups is 1. The van der Waals surface area contributed by atoms with Crippen LogP contribution in [0.15, 0.2) is 12.7 Å². The van der Waals surface area contributed by atoms with Crippen molar-refractivity contribution in [3.8, 4) is 0 Å². The summed E-state index contributed by atoms with van der Waals surface area (Å²) >= 11 is 1.32. The van der Waals surface area contributed by atoms with Gasteiger partial charge in [0.1, 0.15) is 6.61 Å². The van der Waals surface area contributed by atoms with E-state index in [9.17, 15) is 14.4 Å². The Labute approximate surface area is 153 Å². The van der Waals surface area contributed by atoms with Crippen molar-refractivity contribution in [3.63, 3.8) is 0 Å². The Hall–Kier alpha value is -1.54. The van der Waals surface area contributed by atoms with Crippen molar-refractivity contribution < 1.29 is 19.1 Å². The van der Waals surface area contributed by atoms with Crippen molar-refractivity contribution in [2.45, 2.75) is 37.1 Å². The summed E-state index contributed by atoms with van der Waals surface area (Å²) in [7, 11) is 3.63. The van der Waals surface area contributed by atoms with Gasteiger partial charge < -0.3 is 14.5 Å². The molecule has 2 heterocycles. The number of hydrogen-bond acceptors (Lipinski definition) is 6. The fourth-order valence-electron chi connectivity index (χ4n) is 3.41. The predicted octanol–water partition coefficient (Wildman–Crippen LogP) is 1.19. The topological polar surface area (TPSA) is 70.2 Å². The van der Waals surface area contributed by atoms with Crippen LogP contribution in [0.4, 0.5) is 4.79 Å². The van der Waals surface area contributed by atoms with Gasteiger partial charge in [-0.1, -0.05) is 24.4 Å². The van der Waals surface area contributed by atoms with Gasteiger partial charge in [0.2, 0.25) is 5.91 Å². The van der Waals surface area contributed by atoms with Crippen LogP contribution in [0.5, 0.6) is 0 Å². The lowest BCUT2D eigenvalue weighted by atomic mass is 10.2. The zero-order chi connectivity index (χ0) is 18.6. The fraction of sp³-hybridized carbons (Fsp3) is 0.706. The number of amides is 2. The SMILES string of the molecule is C=CCOC(=O)N(C)[C@H]1CCN(C(=O)[C@@H]2C[C@H](SC(C)=O)CN2C)C1. The molecule has 0 spiro atoms. The highest BCUT2D eigenvalue weighted by Gasteiger charge is 2.40. The smallest absolute Gasteiger partial charge is 0.410 e. The van der Waals surface area contributed by atoms with E-state index in [0.29, 0.717) is 19.5 Å². The molecular weight excluding hydrogens is 342 g/mol. The normalized spacial score (nSPS) is 26.5. The molecule has 0 aromatic carbocycles. The molecule has 3 atom stereocenters. The van der Waals surface area contributed by atoms with E-state index >= 15 is 0 Å². The van der Waals surface area contributed by atoms with Crippen LogP contribution in [0.2, 0.25) is 0 Å². The molecule has 8 heteroatoms. The van der Waals surface area contributed by atoms with E-state index in [1.807, 2.05) is 16.8 Å². The molecular formula is C17H27N3O4S. The van der Waals surface area contributed by atoms with Crippen molar-refractivity contribution in [1.82, 2.24) is 14.7 Å². The lowest BCUT2D eigenvalue weighted by Gasteiger charge is -2.27. The summed E-state index contributed by atoms with van der Waals surface area (Å²) < 4.78 is 5.05. The first kappa shape index (κ1) is 19.8. The standard InChI is InChI=1S/C17H27N3O4S/c1-5-8-24-17(23)19(4)13-6-7-20(10-13)16(22)15-9-14(11-18(15)3)25-12(2)21/h5,13-15H,1,6-11H2,2-4H3/t13-,14-,15-/m0/s1. The number of likely N-dealkylation sites (tertiary alicyclic amines) is 2. The number of carbonyl (C=O) groups excluding carboxylic acids is 3. The number of ether oxygens (including phenoxy) is 1. The molecule has 0 saturated carbocycles. The number of nitrogens with zero attached hydrogens (tertiary/aromatic N) is 3. The molecule has 0 aliphatic carbocycles. The van der Waals surface area contributed by atoms with Crippen LogP contribution in [0, 0.1) is 0 Å². The largest absolute Gasteiger partial charge is 0.445 e. The second-order valence-electron chi connectivity index (χ2n) is 6.63. The van der Waals surface area contributed by atoms with E-state index in [1.165, 1.54) is 17.8 Å². The van der Waals surface area contributed by atoms with Crippen LogP contribution in [0.3, 0.4) is 0 Å². The van der Waals surface area contributed by atoms with Gasteiger partial charge in [-0.2, -0.15) is 0 Å². The van der Waals surface area contributed by atoms with Gasteiger partial charge in [0.25, 0.3) is 0 Å². The van der Waals surface area contributed by atoms with Crippen molar-refractivity contribution in [1.29, 1.82) is 0 Å². The molecule has 2 aliphatic heterocycles. The average molecular weight is 369 g/mol. The second kappa shape index (κ2) is 8.71. The minimum Gasteiger partial charge on any atom is -0.445 e. The second-order valence-corrected chi connectivity index (χ2v) is 8.10. The third-order valence-electron chi connectivity index (χ3n) is 4.76. The Bertz CT molecular complexity index is 542. The summed E-state index contributed by atoms with van der Waals surface area (Å²) in [6, 6.07) is -0.219. The van der Waals surface area contributed by atoms with E-state index in [1.54, 1.807) is 18.9 Å². The lowest BCUT2D eigenvalue weighted by Crippen LogP contribution is -2.45. The van der Waals surface area contributed by atoms with Crippen molar-refractivity contribution in [2.24, 2.45) is 0 Å². The Morgan fingerprint density at radius 2 is 2.08 bits per heavy atom. The monoisotopic (exact) mass is 369 g/mol. The minimum absolute atomic E-state index is 0.0321. The quantitative estimate of drug-likeness (QED) is 0.678. The zero-order valence-electron chi connectivity index (χ0n) is 15.1. The van der Waals surface area contributed by atoms with Gasteiger partial charge in [0.05, 0.1) is 12.1 Å². The van der Waals surface area contributed by atoms with E-state index in [4.69, 9.17) is 4.74 Å². The third kappa shape index (κ3) is 4.98. The highest BCUT2D eigenvalue weighted by Crippen LogP contribution is 2.29. The van der Waals surface area contributed by atoms with Crippen LogP contribution >= 0.6 is 11.8 Å². The maximum Gasteiger partial charge on any atom is 0.410 e. The summed E-state index contributed by atoms with van der Waals surface area (Å²) in [4.78, 5) is 41.5. The molecule has 2 aliphatic rings. The first-order valence-corrected chi connectivity index (χ1v) is 9.38. The highest BCUT2D eigenvalue weighted by atomic mass is 32.2. The van der Waals surface area contributed by atoms with Gasteiger partial charge in [-0.25, -0.2) is 4.79 Å². The van der Waals surface area contributed by atoms with E-state index in [-0.39, 0.29) is 35.0 Å². The molecule has 2 amide bonds. The Morgan fingerprint density at radius 1 is 1.36 bits per heavy atom. The highest BCUT2D eigenvalue weighted by molar-refractivity contribution is 8.14. The molecule has 2 saturated heterocycles. The number of rotatable bonds is 5. The van der Waals surface area contributed by atoms with Crippen LogP contribution in [0.25, 0.3) is 0 Å². The molecule has 0 aromatic rings. The van der Waals surface area contributed by atoms with E-state index < -0.39 is 6.09 Å². The first-order valence-electron chi connectivity index (χ1n) is 8.50. The maximum absolute atomic E-state index is 12.8. The van der Waals surface area contributed by atoms with Crippen LogP contribution in [-0.4, -0.2) is 89.5 Å². The van der Waals surface area contributed by atoms with Crippen LogP contribution in [-0.2, 0) is 14.3 Å². The third-order valence-corrected chi connectivity index (χ3v) is 5.77. The summed E-state index contributed by atoms with van der Waals surface area (Å²) in [5, 5.41) is 0.263. The van der Waals surface area contributed by atoms with Crippen molar-refractivity contribution in [2.75, 3.05) is 40.3 Å². The Morgan fingerprint density at radius 3 is 2.72 bits per heavy atom. The predicted molar refractivity (Wildman–Crippen MR) is 97.4 cm³/mol. The number of hydrogen-bond donors (Lipinski definition) is 0. The fourth-order valence-corrected chi connectivity index (χ4v) is 4.47. The molecule has 25 heavy (non-hydrogen) atoms. The first-order chi connectivity index (χ1) is 11.8. The molecule has 2 fully saturated rings. The molecule has 0 unspecified atom stereocenters. The van der Waals surface area contributed by atoms with Crippen LogP contribution < -0.4 is 0 Å². The Balaban J connectivity index is 1.88. The van der Waals surface area contributed by atoms with Gasteiger partial charge >= 0.3 is 6.09 Å². The van der Waals surface area contributed by atoms with Gasteiger partial charge in [-0.3, -0.25) is 14.5 Å². The molecule has 7 nitrogen and oxygen atoms in total. The van der Waals surface area contributed by atoms with Crippen LogP contribution in [0.1, 0.15) is 19.8 Å². The maximum atomic E-state index is 12.8. The molecule has 0 aromatic heterocycles. The zero-order valence-corrected chi connectivity index (χ0v) is 16.0. The molecule has 0 N–H and O–H groups in total. The molecule has 2 rings (SSSR count). The molecule has 0 radical (unpaired) electrons. The molecule has 140 valence electrons. The van der Waals surface area contributed by atoms with E-state index in [0.717, 1.165) is 13.0 Å². The van der Waals surface area contributed by atoms with Gasteiger partial charge in [-0.15, -0.1) is 0 Å². The summed E-state index contributed by atoms with van der Waals surface area (Å²) in [6.07, 6.45) is 2.57. The van der Waals surface area contributed by atoms with Gasteiger partial charge in [0, 0.05) is 38.9 Å². The summed E-state index contributed by atoms with van der Waals surface area (Å²) in [5.41, 5.74) is 0. The van der Waals surface area contributed by atoms with Crippen molar-refractivity contribution >= 4 is 28.9 Å².